The molecule has 2 rings (SSSR count). The van der Waals surface area contributed by atoms with Gasteiger partial charge >= 0.3 is 5.97 Å². The van der Waals surface area contributed by atoms with E-state index < -0.39 is 0 Å². The summed E-state index contributed by atoms with van der Waals surface area (Å²) < 4.78 is 4.63. The van der Waals surface area contributed by atoms with Gasteiger partial charge in [-0.15, -0.1) is 0 Å². The zero-order valence-electron chi connectivity index (χ0n) is 14.2. The van der Waals surface area contributed by atoms with Crippen LogP contribution in [0.2, 0.25) is 0 Å². The van der Waals surface area contributed by atoms with E-state index in [2.05, 4.69) is 9.89 Å². The van der Waals surface area contributed by atoms with E-state index in [9.17, 15) is 9.59 Å². The molecule has 6 heteroatoms. The fourth-order valence-electron chi connectivity index (χ4n) is 2.79. The molecule has 0 radical (unpaired) electrons. The largest absolute Gasteiger partial charge is 0.465 e. The highest BCUT2D eigenvalue weighted by Crippen LogP contribution is 2.21. The molecule has 1 saturated carbocycles. The van der Waals surface area contributed by atoms with Crippen LogP contribution >= 0.6 is 0 Å². The van der Waals surface area contributed by atoms with Gasteiger partial charge in [0.25, 0.3) is 5.91 Å². The van der Waals surface area contributed by atoms with Crippen molar-refractivity contribution in [1.82, 2.24) is 4.90 Å². The van der Waals surface area contributed by atoms with Gasteiger partial charge in [-0.25, -0.2) is 4.79 Å². The minimum atomic E-state index is -0.383. The molecule has 0 aliphatic heterocycles. The summed E-state index contributed by atoms with van der Waals surface area (Å²) in [6, 6.07) is 7.08. The van der Waals surface area contributed by atoms with Crippen molar-refractivity contribution in [2.45, 2.75) is 38.1 Å². The Morgan fingerprint density at radius 3 is 2.50 bits per heavy atom. The van der Waals surface area contributed by atoms with Crippen molar-refractivity contribution < 1.29 is 19.2 Å². The lowest BCUT2D eigenvalue weighted by atomic mass is 9.94. The van der Waals surface area contributed by atoms with Gasteiger partial charge < -0.3 is 14.5 Å². The summed E-state index contributed by atoms with van der Waals surface area (Å²) in [5, 5.41) is 3.82. The maximum atomic E-state index is 12.1. The maximum Gasteiger partial charge on any atom is 0.337 e. The molecular weight excluding hydrogens is 308 g/mol. The van der Waals surface area contributed by atoms with E-state index in [1.807, 2.05) is 7.05 Å². The molecule has 1 aromatic carbocycles. The molecule has 1 amide bonds. The summed E-state index contributed by atoms with van der Waals surface area (Å²) in [6.45, 7) is -0.0657. The lowest BCUT2D eigenvalue weighted by Crippen LogP contribution is -2.40. The van der Waals surface area contributed by atoms with Crippen molar-refractivity contribution in [3.8, 4) is 0 Å². The molecule has 0 saturated heterocycles. The van der Waals surface area contributed by atoms with E-state index in [-0.39, 0.29) is 18.5 Å². The SMILES string of the molecule is COC(=O)c1ccc(/C=N/OCC(=O)N(C)C2CCCCC2)cc1. The van der Waals surface area contributed by atoms with E-state index in [4.69, 9.17) is 4.84 Å². The Morgan fingerprint density at radius 2 is 1.88 bits per heavy atom. The third-order valence-corrected chi connectivity index (χ3v) is 4.31. The Hall–Kier alpha value is -2.37. The Kier molecular flexibility index (Phi) is 6.78. The van der Waals surface area contributed by atoms with E-state index in [1.165, 1.54) is 32.6 Å². The highest BCUT2D eigenvalue weighted by atomic mass is 16.6. The van der Waals surface area contributed by atoms with Crippen LogP contribution in [-0.2, 0) is 14.4 Å². The number of amides is 1. The highest BCUT2D eigenvalue weighted by molar-refractivity contribution is 5.90. The average molecular weight is 332 g/mol. The van der Waals surface area contributed by atoms with Crippen LogP contribution in [0.15, 0.2) is 29.4 Å². The number of hydrogen-bond acceptors (Lipinski definition) is 5. The summed E-state index contributed by atoms with van der Waals surface area (Å²) >= 11 is 0. The number of ether oxygens (including phenoxy) is 1. The van der Waals surface area contributed by atoms with Gasteiger partial charge in [0.2, 0.25) is 0 Å². The summed E-state index contributed by atoms with van der Waals surface area (Å²) in [7, 11) is 3.17. The maximum absolute atomic E-state index is 12.1. The standard InChI is InChI=1S/C18H24N2O4/c1-20(16-6-4-3-5-7-16)17(21)13-24-19-12-14-8-10-15(11-9-14)18(22)23-2/h8-12,16H,3-7,13H2,1-2H3/b19-12+. The van der Waals surface area contributed by atoms with Crippen LogP contribution in [0.1, 0.15) is 48.0 Å². The van der Waals surface area contributed by atoms with Gasteiger partial charge in [0.15, 0.2) is 6.61 Å². The Labute approximate surface area is 142 Å². The fourth-order valence-corrected chi connectivity index (χ4v) is 2.79. The van der Waals surface area contributed by atoms with Crippen molar-refractivity contribution in [3.05, 3.63) is 35.4 Å². The van der Waals surface area contributed by atoms with E-state index >= 15 is 0 Å². The monoisotopic (exact) mass is 332 g/mol. The molecule has 1 aromatic rings. The van der Waals surface area contributed by atoms with Crippen LogP contribution < -0.4 is 0 Å². The molecule has 0 heterocycles. The fraction of sp³-hybridized carbons (Fsp3) is 0.500. The summed E-state index contributed by atoms with van der Waals surface area (Å²) in [4.78, 5) is 30.3. The van der Waals surface area contributed by atoms with Crippen molar-refractivity contribution in [2.24, 2.45) is 5.16 Å². The van der Waals surface area contributed by atoms with Gasteiger partial charge in [-0.05, 0) is 30.5 Å². The van der Waals surface area contributed by atoms with Gasteiger partial charge in [0, 0.05) is 13.1 Å². The van der Waals surface area contributed by atoms with Crippen LogP contribution in [0.5, 0.6) is 0 Å². The molecule has 0 N–H and O–H groups in total. The molecule has 0 atom stereocenters. The minimum absolute atomic E-state index is 0.0555. The normalized spacial score (nSPS) is 15.2. The number of nitrogens with zero attached hydrogens (tertiary/aromatic N) is 2. The summed E-state index contributed by atoms with van der Waals surface area (Å²) in [5.74, 6) is -0.439. The number of esters is 1. The van der Waals surface area contributed by atoms with Crippen molar-refractivity contribution in [2.75, 3.05) is 20.8 Å². The third-order valence-electron chi connectivity index (χ3n) is 4.31. The van der Waals surface area contributed by atoms with E-state index in [1.54, 1.807) is 29.2 Å². The molecule has 1 fully saturated rings. The number of rotatable bonds is 6. The number of methoxy groups -OCH3 is 1. The molecular formula is C18H24N2O4. The van der Waals surface area contributed by atoms with Crippen LogP contribution in [0.3, 0.4) is 0 Å². The van der Waals surface area contributed by atoms with Gasteiger partial charge in [0.1, 0.15) is 0 Å². The molecule has 0 unspecified atom stereocenters. The Morgan fingerprint density at radius 1 is 1.21 bits per heavy atom. The lowest BCUT2D eigenvalue weighted by molar-refractivity contribution is -0.137. The molecule has 6 nitrogen and oxygen atoms in total. The molecule has 1 aliphatic rings. The number of benzene rings is 1. The Bertz CT molecular complexity index is 577. The molecule has 130 valence electrons. The number of hydrogen-bond donors (Lipinski definition) is 0. The van der Waals surface area contributed by atoms with Gasteiger partial charge in [-0.2, -0.15) is 0 Å². The zero-order chi connectivity index (χ0) is 17.4. The predicted molar refractivity (Wildman–Crippen MR) is 91.0 cm³/mol. The predicted octanol–water partition coefficient (Wildman–Crippen LogP) is 2.61. The number of carbonyl (C=O) groups excluding carboxylic acids is 2. The number of likely N-dealkylation sites (N-methyl/N-ethyl adjacent to an activating group) is 1. The first-order valence-electron chi connectivity index (χ1n) is 8.21. The highest BCUT2D eigenvalue weighted by Gasteiger charge is 2.22. The van der Waals surface area contributed by atoms with E-state index in [0.29, 0.717) is 11.6 Å². The average Bonchev–Trinajstić information content (AvgIpc) is 2.65. The lowest BCUT2D eigenvalue weighted by Gasteiger charge is -2.30. The second kappa shape index (κ2) is 9.05. The van der Waals surface area contributed by atoms with Crippen LogP contribution in [0.4, 0.5) is 0 Å². The molecule has 0 spiro atoms. The first-order chi connectivity index (χ1) is 11.6. The van der Waals surface area contributed by atoms with Gasteiger partial charge in [0.05, 0.1) is 18.9 Å². The molecule has 0 aromatic heterocycles. The second-order valence-electron chi connectivity index (χ2n) is 5.92. The van der Waals surface area contributed by atoms with Crippen LogP contribution in [0, 0.1) is 0 Å². The first-order valence-corrected chi connectivity index (χ1v) is 8.21. The molecule has 24 heavy (non-hydrogen) atoms. The zero-order valence-corrected chi connectivity index (χ0v) is 14.2. The topological polar surface area (TPSA) is 68.2 Å². The quantitative estimate of drug-likeness (QED) is 0.456. The van der Waals surface area contributed by atoms with Crippen LogP contribution in [0.25, 0.3) is 0 Å². The Balaban J connectivity index is 1.77. The third kappa shape index (κ3) is 5.08. The van der Waals surface area contributed by atoms with Crippen molar-refractivity contribution in [1.29, 1.82) is 0 Å². The smallest absolute Gasteiger partial charge is 0.337 e. The van der Waals surface area contributed by atoms with Gasteiger partial charge in [-0.1, -0.05) is 36.6 Å². The molecule has 1 aliphatic carbocycles. The van der Waals surface area contributed by atoms with E-state index in [0.717, 1.165) is 18.4 Å². The summed E-state index contributed by atoms with van der Waals surface area (Å²) in [5.41, 5.74) is 1.25. The summed E-state index contributed by atoms with van der Waals surface area (Å²) in [6.07, 6.45) is 7.27. The minimum Gasteiger partial charge on any atom is -0.465 e. The second-order valence-corrected chi connectivity index (χ2v) is 5.92. The van der Waals surface area contributed by atoms with Crippen molar-refractivity contribution >= 4 is 18.1 Å². The number of oxime groups is 1. The first kappa shape index (κ1) is 18.0. The molecule has 0 bridgehead atoms. The van der Waals surface area contributed by atoms with Crippen molar-refractivity contribution in [3.63, 3.8) is 0 Å². The number of carbonyl (C=O) groups is 2. The van der Waals surface area contributed by atoms with Crippen LogP contribution in [-0.4, -0.2) is 49.8 Å². The van der Waals surface area contributed by atoms with Gasteiger partial charge in [-0.3, -0.25) is 4.79 Å².